The van der Waals surface area contributed by atoms with Gasteiger partial charge in [-0.2, -0.15) is 10.6 Å². The average molecular weight is 453 g/mol. The van der Waals surface area contributed by atoms with E-state index in [2.05, 4.69) is 25.5 Å². The maximum Gasteiger partial charge on any atom is 0.270 e. The van der Waals surface area contributed by atoms with Crippen LogP contribution in [-0.4, -0.2) is 42.1 Å². The van der Waals surface area contributed by atoms with Crippen LogP contribution >= 0.6 is 10.6 Å². The van der Waals surface area contributed by atoms with Crippen LogP contribution in [0, 0.1) is 0 Å². The lowest BCUT2D eigenvalue weighted by molar-refractivity contribution is 0.488. The number of nitrogen functional groups attached to an aromatic ring is 1. The Morgan fingerprint density at radius 2 is 1.62 bits per heavy atom. The lowest BCUT2D eigenvalue weighted by atomic mass is 10.1. The van der Waals surface area contributed by atoms with E-state index in [1.165, 1.54) is 0 Å². The second kappa shape index (κ2) is 9.05. The molecule has 0 aliphatic carbocycles. The van der Waals surface area contributed by atoms with Gasteiger partial charge in [0, 0.05) is 23.4 Å². The number of benzene rings is 2. The first-order valence-corrected chi connectivity index (χ1v) is 11.7. The van der Waals surface area contributed by atoms with E-state index < -0.39 is 10.6 Å². The van der Waals surface area contributed by atoms with Crippen molar-refractivity contribution in [3.8, 4) is 34.3 Å². The number of rotatable bonds is 7. The molecular formula is C22H24N6O3S. The summed E-state index contributed by atoms with van der Waals surface area (Å²) in [6.45, 7) is 2.50. The molecular weight excluding hydrogens is 428 g/mol. The fourth-order valence-corrected chi connectivity index (χ4v) is 4.02. The molecule has 0 aliphatic rings. The predicted octanol–water partition coefficient (Wildman–Crippen LogP) is 4.29. The summed E-state index contributed by atoms with van der Waals surface area (Å²) in [5.74, 6) is 0.959. The molecule has 0 saturated carbocycles. The van der Waals surface area contributed by atoms with Crippen LogP contribution in [0.5, 0.6) is 0 Å². The number of hydrogen-bond acceptors (Lipinski definition) is 9. The summed E-state index contributed by atoms with van der Waals surface area (Å²) in [5, 5.41) is 11.3. The fourth-order valence-electron chi connectivity index (χ4n) is 3.11. The summed E-state index contributed by atoms with van der Waals surface area (Å²) < 4.78 is 26.0. The van der Waals surface area contributed by atoms with Gasteiger partial charge >= 0.3 is 0 Å². The SMILES string of the molecule is CCS(O)(O)c1ccc(-c2cnc(N)c(-c3nnc(-c4ccc(CNC)cc4)o3)n2)cc1. The van der Waals surface area contributed by atoms with Crippen LogP contribution < -0.4 is 11.1 Å². The van der Waals surface area contributed by atoms with E-state index in [0.29, 0.717) is 16.5 Å². The summed E-state index contributed by atoms with van der Waals surface area (Å²) in [5.41, 5.74) is 9.54. The highest BCUT2D eigenvalue weighted by atomic mass is 32.3. The summed E-state index contributed by atoms with van der Waals surface area (Å²) in [6, 6.07) is 14.7. The minimum absolute atomic E-state index is 0.169. The van der Waals surface area contributed by atoms with Gasteiger partial charge in [0.25, 0.3) is 5.89 Å². The van der Waals surface area contributed by atoms with Gasteiger partial charge < -0.3 is 15.5 Å². The normalized spacial score (nSPS) is 12.1. The lowest BCUT2D eigenvalue weighted by Gasteiger charge is -2.30. The minimum Gasteiger partial charge on any atom is -0.414 e. The molecule has 4 aromatic rings. The Hall–Kier alpha value is -3.31. The van der Waals surface area contributed by atoms with Crippen molar-refractivity contribution >= 4 is 16.4 Å². The van der Waals surface area contributed by atoms with Gasteiger partial charge in [-0.25, -0.2) is 9.97 Å². The van der Waals surface area contributed by atoms with Crippen molar-refractivity contribution in [3.05, 3.63) is 60.3 Å². The van der Waals surface area contributed by atoms with Gasteiger partial charge in [0.05, 0.1) is 16.8 Å². The number of hydrogen-bond donors (Lipinski definition) is 4. The molecule has 0 bridgehead atoms. The van der Waals surface area contributed by atoms with Gasteiger partial charge in [-0.05, 0) is 43.8 Å². The van der Waals surface area contributed by atoms with Crippen LogP contribution in [0.2, 0.25) is 0 Å². The molecule has 0 aliphatic heterocycles. The molecule has 0 atom stereocenters. The molecule has 0 fully saturated rings. The average Bonchev–Trinajstić information content (AvgIpc) is 3.30. The number of nitrogens with one attached hydrogen (secondary N) is 1. The zero-order chi connectivity index (χ0) is 22.7. The maximum atomic E-state index is 10.1. The van der Waals surface area contributed by atoms with E-state index in [4.69, 9.17) is 10.2 Å². The van der Waals surface area contributed by atoms with Gasteiger partial charge in [-0.1, -0.05) is 24.3 Å². The molecule has 2 heterocycles. The molecule has 4 rings (SSSR count). The van der Waals surface area contributed by atoms with Gasteiger partial charge in [-0.15, -0.1) is 10.2 Å². The third-order valence-electron chi connectivity index (χ3n) is 4.94. The molecule has 5 N–H and O–H groups in total. The van der Waals surface area contributed by atoms with E-state index in [0.717, 1.165) is 23.2 Å². The predicted molar refractivity (Wildman–Crippen MR) is 125 cm³/mol. The summed E-state index contributed by atoms with van der Waals surface area (Å²) >= 11 is 0. The first-order chi connectivity index (χ1) is 15.4. The largest absolute Gasteiger partial charge is 0.414 e. The standard InChI is InChI=1S/C22H24N6O3S/c1-3-32(29,30)17-10-8-15(9-11-17)18-13-25-20(23)19(26-18)22-28-27-21(31-22)16-6-4-14(5-7-16)12-24-2/h4-11,13,24,29-30H,3,12H2,1-2H3,(H2,23,25). The Kier molecular flexibility index (Phi) is 6.19. The van der Waals surface area contributed by atoms with Gasteiger partial charge in [0.15, 0.2) is 11.5 Å². The number of nitrogens with zero attached hydrogens (tertiary/aromatic N) is 4. The highest BCUT2D eigenvalue weighted by molar-refractivity contribution is 8.24. The Labute approximate surface area is 187 Å². The smallest absolute Gasteiger partial charge is 0.270 e. The quantitative estimate of drug-likeness (QED) is 0.323. The van der Waals surface area contributed by atoms with E-state index in [1.54, 1.807) is 37.4 Å². The second-order valence-corrected chi connectivity index (χ2v) is 9.49. The highest BCUT2D eigenvalue weighted by Crippen LogP contribution is 2.47. The van der Waals surface area contributed by atoms with E-state index in [1.807, 2.05) is 31.3 Å². The van der Waals surface area contributed by atoms with Gasteiger partial charge in [0.2, 0.25) is 5.89 Å². The highest BCUT2D eigenvalue weighted by Gasteiger charge is 2.18. The molecule has 0 radical (unpaired) electrons. The molecule has 32 heavy (non-hydrogen) atoms. The van der Waals surface area contributed by atoms with Crippen molar-refractivity contribution in [2.75, 3.05) is 18.5 Å². The van der Waals surface area contributed by atoms with E-state index in [9.17, 15) is 9.11 Å². The molecule has 0 amide bonds. The fraction of sp³-hybridized carbons (Fsp3) is 0.182. The van der Waals surface area contributed by atoms with Crippen LogP contribution in [0.4, 0.5) is 5.82 Å². The summed E-state index contributed by atoms with van der Waals surface area (Å²) in [4.78, 5) is 9.26. The third kappa shape index (κ3) is 4.48. The lowest BCUT2D eigenvalue weighted by Crippen LogP contribution is -2.04. The van der Waals surface area contributed by atoms with Crippen molar-refractivity contribution in [1.29, 1.82) is 0 Å². The first kappa shape index (κ1) is 21.9. The molecule has 9 nitrogen and oxygen atoms in total. The van der Waals surface area contributed by atoms with Crippen molar-refractivity contribution in [2.45, 2.75) is 18.4 Å². The van der Waals surface area contributed by atoms with Crippen LogP contribution in [0.3, 0.4) is 0 Å². The number of aromatic nitrogens is 4. The van der Waals surface area contributed by atoms with Crippen LogP contribution in [0.1, 0.15) is 12.5 Å². The molecule has 0 unspecified atom stereocenters. The summed E-state index contributed by atoms with van der Waals surface area (Å²) in [6.07, 6.45) is 1.55. The molecule has 0 saturated heterocycles. The van der Waals surface area contributed by atoms with Gasteiger partial charge in [0.1, 0.15) is 0 Å². The van der Waals surface area contributed by atoms with Crippen molar-refractivity contribution in [2.24, 2.45) is 0 Å². The van der Waals surface area contributed by atoms with Gasteiger partial charge in [-0.3, -0.25) is 9.11 Å². The zero-order valence-electron chi connectivity index (χ0n) is 17.7. The molecule has 2 aromatic heterocycles. The van der Waals surface area contributed by atoms with Crippen LogP contribution in [0.25, 0.3) is 34.3 Å². The van der Waals surface area contributed by atoms with Crippen molar-refractivity contribution in [1.82, 2.24) is 25.5 Å². The van der Waals surface area contributed by atoms with Crippen LogP contribution in [-0.2, 0) is 6.54 Å². The minimum atomic E-state index is -2.78. The zero-order valence-corrected chi connectivity index (χ0v) is 18.5. The Bertz CT molecular complexity index is 1210. The second-order valence-electron chi connectivity index (χ2n) is 7.11. The Morgan fingerprint density at radius 1 is 0.969 bits per heavy atom. The Balaban J connectivity index is 1.62. The van der Waals surface area contributed by atoms with Crippen LogP contribution in [0.15, 0.2) is 64.0 Å². The number of nitrogens with two attached hydrogens (primary N) is 1. The van der Waals surface area contributed by atoms with Crippen molar-refractivity contribution in [3.63, 3.8) is 0 Å². The van der Waals surface area contributed by atoms with E-state index in [-0.39, 0.29) is 23.2 Å². The molecule has 10 heteroatoms. The number of anilines is 1. The third-order valence-corrected chi connectivity index (χ3v) is 6.77. The summed E-state index contributed by atoms with van der Waals surface area (Å²) in [7, 11) is -0.884. The topological polar surface area (TPSA) is 143 Å². The monoisotopic (exact) mass is 452 g/mol. The molecule has 2 aromatic carbocycles. The first-order valence-electron chi connectivity index (χ1n) is 9.98. The Morgan fingerprint density at radius 3 is 2.28 bits per heavy atom. The van der Waals surface area contributed by atoms with Crippen molar-refractivity contribution < 1.29 is 13.5 Å². The maximum absolute atomic E-state index is 10.1. The molecule has 166 valence electrons. The van der Waals surface area contributed by atoms with E-state index >= 15 is 0 Å². The molecule has 0 spiro atoms.